The van der Waals surface area contributed by atoms with E-state index in [2.05, 4.69) is 20.3 Å². The number of esters is 1. The number of nitrogens with one attached hydrogen (secondary N) is 1. The molecule has 2 saturated heterocycles. The van der Waals surface area contributed by atoms with Crippen molar-refractivity contribution in [2.24, 2.45) is 0 Å². The van der Waals surface area contributed by atoms with Crippen molar-refractivity contribution < 1.29 is 37.7 Å². The Morgan fingerprint density at radius 1 is 1.29 bits per heavy atom. The summed E-state index contributed by atoms with van der Waals surface area (Å²) >= 11 is 0. The molecule has 0 bridgehead atoms. The number of aliphatic hydroxyl groups excluding tert-OH is 1. The van der Waals surface area contributed by atoms with Gasteiger partial charge in [-0.15, -0.1) is 0 Å². The van der Waals surface area contributed by atoms with E-state index in [1.165, 1.54) is 19.6 Å². The van der Waals surface area contributed by atoms with E-state index < -0.39 is 38.3 Å². The number of nitrogens with zero attached hydrogens (tertiary/aromatic N) is 4. The Balaban J connectivity index is 1.34. The first-order valence-corrected chi connectivity index (χ1v) is 13.0. The van der Waals surface area contributed by atoms with Gasteiger partial charge < -0.3 is 0 Å². The second kappa shape index (κ2) is 9.57. The predicted octanol–water partition coefficient (Wildman–Crippen LogP) is 0.332. The molecule has 5 rings (SSSR count). The van der Waals surface area contributed by atoms with Crippen molar-refractivity contribution >= 4 is 44.2 Å². The van der Waals surface area contributed by atoms with E-state index in [1.54, 1.807) is 36.4 Å². The van der Waals surface area contributed by atoms with Gasteiger partial charge in [0.25, 0.3) is 0 Å². The molecule has 3 aromatic rings. The average molecular weight is 503 g/mol. The zero-order valence-corrected chi connectivity index (χ0v) is 19.9. The molecule has 184 valence electrons. The minimum atomic E-state index is -3.17. The van der Waals surface area contributed by atoms with Crippen LogP contribution in [0.3, 0.4) is 0 Å². The maximum atomic E-state index is 12.6. The number of aliphatic hydroxyl groups is 1. The monoisotopic (exact) mass is 503 g/mol. The molecule has 4 heterocycles. The molecule has 2 aliphatic rings. The van der Waals surface area contributed by atoms with E-state index in [-0.39, 0.29) is 25.1 Å². The number of anilines is 1. The summed E-state index contributed by atoms with van der Waals surface area (Å²) in [7, 11) is -1.53. The molecule has 1 amide bonds. The van der Waals surface area contributed by atoms with Gasteiger partial charge in [-0.25, -0.2) is 0 Å². The Hall–Kier alpha value is -3.00. The quantitative estimate of drug-likeness (QED) is 0.207. The number of hydrogen-bond acceptors (Lipinski definition) is 11. The number of rotatable bonds is 6. The van der Waals surface area contributed by atoms with Crippen molar-refractivity contribution in [3.63, 3.8) is 0 Å². The summed E-state index contributed by atoms with van der Waals surface area (Å²) < 4.78 is 29.6. The van der Waals surface area contributed by atoms with Crippen LogP contribution in [-0.2, 0) is 27.8 Å². The molecule has 4 atom stereocenters. The molecule has 2 fully saturated rings. The number of amides is 1. The first-order chi connectivity index (χ1) is 16.8. The van der Waals surface area contributed by atoms with Crippen LogP contribution in [0.5, 0.6) is 0 Å². The summed E-state index contributed by atoms with van der Waals surface area (Å²) in [5.41, 5.74) is 1.17. The number of hydrogen-bond donors (Lipinski definition) is 2. The van der Waals surface area contributed by atoms with Gasteiger partial charge in [0.1, 0.15) is 0 Å². The summed E-state index contributed by atoms with van der Waals surface area (Å²) in [5.74, 6) is -0.605. The van der Waals surface area contributed by atoms with Crippen LogP contribution in [0.15, 0.2) is 43.0 Å². The van der Waals surface area contributed by atoms with Crippen LogP contribution >= 0.6 is 7.82 Å². The van der Waals surface area contributed by atoms with E-state index in [0.29, 0.717) is 16.7 Å². The van der Waals surface area contributed by atoms with E-state index in [1.807, 2.05) is 6.07 Å². The van der Waals surface area contributed by atoms with Gasteiger partial charge in [-0.3, -0.25) is 0 Å². The van der Waals surface area contributed by atoms with Crippen LogP contribution in [0.2, 0.25) is 0 Å². The molecule has 1 aromatic carbocycles. The van der Waals surface area contributed by atoms with Crippen molar-refractivity contribution in [3.8, 4) is 0 Å². The Kier molecular flexibility index (Phi) is 6.49. The zero-order valence-electron chi connectivity index (χ0n) is 18.9. The Morgan fingerprint density at radius 2 is 2.09 bits per heavy atom. The Bertz CT molecular complexity index is 1250. The molecular formula is C20H23BN5O8P. The number of carbonyl (C=O) groups excluding carboxylic acids is 2. The number of imidazole rings is 1. The summed E-state index contributed by atoms with van der Waals surface area (Å²) in [6.07, 6.45) is -0.526. The standard InChI is InChI=1S/C20H23BN5O8P/c1-11(27)30-10-32-35(21)31-7-13-16(34-35)15(28)20(33-13)26-9-24-14-17(22-8-23-18(14)26)25-19(29)12-5-3-2-4-6-12/h2-6,8-9,13,15-16,20,28,35H,7,10,21H2,1H3,(H,22,23,25,29)/t13-,15?,16+,20-/m1/s1. The van der Waals surface area contributed by atoms with Crippen LogP contribution in [0.1, 0.15) is 23.5 Å². The molecule has 13 nitrogen and oxygen atoms in total. The van der Waals surface area contributed by atoms with Gasteiger partial charge in [0, 0.05) is 0 Å². The summed E-state index contributed by atoms with van der Waals surface area (Å²) in [5, 5.41) is 13.8. The van der Waals surface area contributed by atoms with Gasteiger partial charge >= 0.3 is 182 Å². The molecule has 0 radical (unpaired) electrons. The number of fused-ring (bicyclic) bond motifs is 2. The molecule has 15 heteroatoms. The summed E-state index contributed by atoms with van der Waals surface area (Å²) in [4.78, 5) is 36.3. The third kappa shape index (κ3) is 4.76. The fourth-order valence-electron chi connectivity index (χ4n) is 3.94. The van der Waals surface area contributed by atoms with E-state index >= 15 is 0 Å². The number of benzene rings is 1. The topological polar surface area (TPSA) is 156 Å². The molecule has 2 aliphatic heterocycles. The molecule has 1 unspecified atom stereocenters. The first-order valence-electron chi connectivity index (χ1n) is 10.8. The third-order valence-corrected chi connectivity index (χ3v) is 7.69. The predicted molar refractivity (Wildman–Crippen MR) is 125 cm³/mol. The van der Waals surface area contributed by atoms with Crippen molar-refractivity contribution in [1.82, 2.24) is 19.5 Å². The van der Waals surface area contributed by atoms with E-state index in [9.17, 15) is 14.7 Å². The fraction of sp³-hybridized carbons (Fsp3) is 0.350. The van der Waals surface area contributed by atoms with Gasteiger partial charge in [-0.05, 0) is 0 Å². The molecule has 0 saturated carbocycles. The molecular weight excluding hydrogens is 480 g/mol. The fourth-order valence-corrected chi connectivity index (χ4v) is 5.68. The van der Waals surface area contributed by atoms with Crippen molar-refractivity contribution in [2.75, 3.05) is 18.7 Å². The van der Waals surface area contributed by atoms with Gasteiger partial charge in [-0.1, -0.05) is 18.2 Å². The molecule has 2 aromatic heterocycles. The SMILES string of the molecule is B[PH]1(OCOC(C)=O)OC[C@H]2O[C@@H](n3cnc4c(NC(=O)c5ccccc5)ncnc43)C(O)[C@H]2O1. The first kappa shape index (κ1) is 23.7. The number of aromatic nitrogens is 4. The summed E-state index contributed by atoms with van der Waals surface area (Å²) in [6, 6.07) is 8.71. The molecule has 0 aliphatic carbocycles. The Labute approximate surface area is 200 Å². The second-order valence-electron chi connectivity index (χ2n) is 8.08. The van der Waals surface area contributed by atoms with Crippen LogP contribution in [-0.4, -0.2) is 75.8 Å². The number of carbonyl (C=O) groups is 2. The van der Waals surface area contributed by atoms with E-state index in [4.69, 9.17) is 23.0 Å². The second-order valence-corrected chi connectivity index (χ2v) is 10.6. The van der Waals surface area contributed by atoms with Crippen LogP contribution in [0.25, 0.3) is 11.2 Å². The van der Waals surface area contributed by atoms with Crippen LogP contribution < -0.4 is 5.32 Å². The van der Waals surface area contributed by atoms with Crippen LogP contribution in [0.4, 0.5) is 5.82 Å². The van der Waals surface area contributed by atoms with Gasteiger partial charge in [0.05, 0.1) is 0 Å². The van der Waals surface area contributed by atoms with Gasteiger partial charge in [-0.2, -0.15) is 0 Å². The van der Waals surface area contributed by atoms with Crippen molar-refractivity contribution in [2.45, 2.75) is 31.5 Å². The zero-order chi connectivity index (χ0) is 24.6. The number of ether oxygens (including phenoxy) is 2. The molecule has 2 N–H and O–H groups in total. The molecule has 0 spiro atoms. The summed E-state index contributed by atoms with van der Waals surface area (Å²) in [6.45, 7) is 1.08. The van der Waals surface area contributed by atoms with E-state index in [0.717, 1.165) is 0 Å². The maximum absolute atomic E-state index is 12.6. The average Bonchev–Trinajstić information content (AvgIpc) is 3.41. The normalized spacial score (nSPS) is 26.1. The molecule has 35 heavy (non-hydrogen) atoms. The van der Waals surface area contributed by atoms with Crippen LogP contribution in [0, 0.1) is 0 Å². The Morgan fingerprint density at radius 3 is 2.86 bits per heavy atom. The van der Waals surface area contributed by atoms with Gasteiger partial charge in [0.15, 0.2) is 0 Å². The minimum absolute atomic E-state index is 0.126. The van der Waals surface area contributed by atoms with Crippen molar-refractivity contribution in [3.05, 3.63) is 48.5 Å². The van der Waals surface area contributed by atoms with Crippen molar-refractivity contribution in [1.29, 1.82) is 0 Å². The third-order valence-electron chi connectivity index (χ3n) is 5.65. The van der Waals surface area contributed by atoms with Gasteiger partial charge in [0.2, 0.25) is 0 Å².